The average molecular weight is 266 g/mol. The van der Waals surface area contributed by atoms with Gasteiger partial charge in [0.05, 0.1) is 6.10 Å². The van der Waals surface area contributed by atoms with Gasteiger partial charge in [-0.05, 0) is 12.8 Å². The minimum absolute atomic E-state index is 0.201. The monoisotopic (exact) mass is 266 g/mol. The molecule has 0 aromatic carbocycles. The Bertz CT molecular complexity index is 259. The molecule has 0 aliphatic heterocycles. The Kier molecular flexibility index (Phi) is 8.70. The van der Waals surface area contributed by atoms with Gasteiger partial charge in [0.25, 0.3) is 0 Å². The minimum atomic E-state index is -3.25. The quantitative estimate of drug-likeness (QED) is 0.614. The van der Waals surface area contributed by atoms with Gasteiger partial charge in [0.2, 0.25) is 0 Å². The van der Waals surface area contributed by atoms with Crippen LogP contribution in [0.5, 0.6) is 0 Å². The molecule has 0 aromatic rings. The fourth-order valence-electron chi connectivity index (χ4n) is 1.41. The Morgan fingerprint density at radius 1 is 1.29 bits per heavy atom. The first kappa shape index (κ1) is 16.8. The van der Waals surface area contributed by atoms with Gasteiger partial charge in [0.15, 0.2) is 0 Å². The second-order valence-corrected chi connectivity index (χ2v) is 6.28. The topological polar surface area (TPSA) is 72.8 Å². The molecule has 0 amide bonds. The van der Waals surface area contributed by atoms with Crippen molar-refractivity contribution in [1.29, 1.82) is 0 Å². The number of carbonyl (C=O) groups is 1. The van der Waals surface area contributed by atoms with Gasteiger partial charge in [-0.1, -0.05) is 19.8 Å². The van der Waals surface area contributed by atoms with Crippen LogP contribution >= 0.6 is 7.60 Å². The van der Waals surface area contributed by atoms with Crippen molar-refractivity contribution in [2.24, 2.45) is 0 Å². The molecule has 0 heterocycles. The first-order valence-electron chi connectivity index (χ1n) is 5.87. The summed E-state index contributed by atoms with van der Waals surface area (Å²) in [5, 5.41) is 9.56. The van der Waals surface area contributed by atoms with Gasteiger partial charge >= 0.3 is 7.60 Å². The molecule has 0 aromatic heterocycles. The summed E-state index contributed by atoms with van der Waals surface area (Å²) in [5.41, 5.74) is 0. The highest BCUT2D eigenvalue weighted by atomic mass is 31.2. The van der Waals surface area contributed by atoms with Crippen molar-refractivity contribution in [1.82, 2.24) is 0 Å². The first-order valence-corrected chi connectivity index (χ1v) is 7.60. The molecule has 0 saturated carbocycles. The highest BCUT2D eigenvalue weighted by Crippen LogP contribution is 2.46. The number of ketones is 1. The molecule has 0 spiro atoms. The molecule has 1 atom stereocenters. The van der Waals surface area contributed by atoms with E-state index in [9.17, 15) is 14.5 Å². The van der Waals surface area contributed by atoms with Crippen molar-refractivity contribution in [2.75, 3.05) is 20.4 Å². The third-order valence-corrected chi connectivity index (χ3v) is 4.43. The van der Waals surface area contributed by atoms with Gasteiger partial charge in [0.1, 0.15) is 11.9 Å². The molecule has 0 fully saturated rings. The van der Waals surface area contributed by atoms with Crippen molar-refractivity contribution < 1.29 is 23.5 Å². The summed E-state index contributed by atoms with van der Waals surface area (Å²) in [6.45, 7) is 2.05. The number of aliphatic hydroxyl groups excluding tert-OH is 1. The van der Waals surface area contributed by atoms with Crippen LogP contribution in [0.15, 0.2) is 0 Å². The third kappa shape index (κ3) is 7.66. The SMILES string of the molecule is CCCC[C@H](O)CCC(=O)CP(=O)(OC)OC. The molecular formula is C11H23O5P. The summed E-state index contributed by atoms with van der Waals surface area (Å²) in [7, 11) is -0.734. The lowest BCUT2D eigenvalue weighted by Gasteiger charge is -2.13. The molecule has 6 heteroatoms. The Hall–Kier alpha value is -0.220. The third-order valence-electron chi connectivity index (χ3n) is 2.57. The number of rotatable bonds is 10. The smallest absolute Gasteiger partial charge is 0.337 e. The molecule has 0 radical (unpaired) electrons. The highest BCUT2D eigenvalue weighted by molar-refractivity contribution is 7.54. The molecule has 0 aliphatic carbocycles. The maximum Gasteiger partial charge on any atom is 0.337 e. The van der Waals surface area contributed by atoms with Gasteiger partial charge in [-0.15, -0.1) is 0 Å². The summed E-state index contributed by atoms with van der Waals surface area (Å²) in [6, 6.07) is 0. The van der Waals surface area contributed by atoms with Crippen molar-refractivity contribution in [3.63, 3.8) is 0 Å². The zero-order chi connectivity index (χ0) is 13.3. The Morgan fingerprint density at radius 2 is 1.88 bits per heavy atom. The number of unbranched alkanes of at least 4 members (excludes halogenated alkanes) is 1. The van der Waals surface area contributed by atoms with E-state index >= 15 is 0 Å². The van der Waals surface area contributed by atoms with Crippen LogP contribution in [0.2, 0.25) is 0 Å². The van der Waals surface area contributed by atoms with E-state index in [0.717, 1.165) is 12.8 Å². The van der Waals surface area contributed by atoms with E-state index in [2.05, 4.69) is 9.05 Å². The van der Waals surface area contributed by atoms with Crippen molar-refractivity contribution in [2.45, 2.75) is 45.1 Å². The predicted octanol–water partition coefficient (Wildman–Crippen LogP) is 2.37. The minimum Gasteiger partial charge on any atom is -0.393 e. The van der Waals surface area contributed by atoms with E-state index in [0.29, 0.717) is 12.8 Å². The molecule has 0 unspecified atom stereocenters. The van der Waals surface area contributed by atoms with E-state index in [-0.39, 0.29) is 18.4 Å². The summed E-state index contributed by atoms with van der Waals surface area (Å²) in [5.74, 6) is -0.201. The van der Waals surface area contributed by atoms with Crippen molar-refractivity contribution in [3.8, 4) is 0 Å². The molecule has 0 aliphatic rings. The Balaban J connectivity index is 3.91. The zero-order valence-electron chi connectivity index (χ0n) is 10.8. The van der Waals surface area contributed by atoms with E-state index in [1.54, 1.807) is 0 Å². The molecule has 0 saturated heterocycles. The molecule has 5 nitrogen and oxygen atoms in total. The molecule has 17 heavy (non-hydrogen) atoms. The van der Waals surface area contributed by atoms with Crippen LogP contribution in [0.3, 0.4) is 0 Å². The fraction of sp³-hybridized carbons (Fsp3) is 0.909. The van der Waals surface area contributed by atoms with E-state index < -0.39 is 13.7 Å². The highest BCUT2D eigenvalue weighted by Gasteiger charge is 2.25. The van der Waals surface area contributed by atoms with Crippen LogP contribution in [-0.2, 0) is 18.4 Å². The average Bonchev–Trinajstić information content (AvgIpc) is 2.33. The van der Waals surface area contributed by atoms with E-state index in [1.165, 1.54) is 14.2 Å². The zero-order valence-corrected chi connectivity index (χ0v) is 11.7. The van der Waals surface area contributed by atoms with Crippen LogP contribution in [0.4, 0.5) is 0 Å². The first-order chi connectivity index (χ1) is 7.97. The van der Waals surface area contributed by atoms with Gasteiger partial charge in [-0.25, -0.2) is 0 Å². The Labute approximate surface area is 103 Å². The van der Waals surface area contributed by atoms with Gasteiger partial charge < -0.3 is 14.2 Å². The predicted molar refractivity (Wildman–Crippen MR) is 66.3 cm³/mol. The van der Waals surface area contributed by atoms with Crippen molar-refractivity contribution >= 4 is 13.4 Å². The maximum absolute atomic E-state index is 11.7. The van der Waals surface area contributed by atoms with Crippen LogP contribution < -0.4 is 0 Å². The lowest BCUT2D eigenvalue weighted by Crippen LogP contribution is -2.13. The molecule has 1 N–H and O–H groups in total. The largest absolute Gasteiger partial charge is 0.393 e. The number of Topliss-reactive ketones (excluding diaryl/α,β-unsaturated/α-hetero) is 1. The summed E-state index contributed by atoms with van der Waals surface area (Å²) in [4.78, 5) is 11.5. The van der Waals surface area contributed by atoms with Crippen LogP contribution in [0.25, 0.3) is 0 Å². The lowest BCUT2D eigenvalue weighted by molar-refractivity contribution is -0.117. The lowest BCUT2D eigenvalue weighted by atomic mass is 10.1. The fourth-order valence-corrected chi connectivity index (χ4v) is 2.41. The second kappa shape index (κ2) is 8.81. The van der Waals surface area contributed by atoms with E-state index in [1.807, 2.05) is 6.92 Å². The summed E-state index contributed by atoms with van der Waals surface area (Å²) >= 11 is 0. The molecular weight excluding hydrogens is 243 g/mol. The molecule has 0 rings (SSSR count). The van der Waals surface area contributed by atoms with Gasteiger partial charge in [0, 0.05) is 20.6 Å². The number of aliphatic hydroxyl groups is 1. The van der Waals surface area contributed by atoms with E-state index in [4.69, 9.17) is 0 Å². The number of hydrogen-bond acceptors (Lipinski definition) is 5. The second-order valence-electron chi connectivity index (χ2n) is 4.01. The van der Waals surface area contributed by atoms with Crippen molar-refractivity contribution in [3.05, 3.63) is 0 Å². The maximum atomic E-state index is 11.7. The standard InChI is InChI=1S/C11H23O5P/c1-4-5-6-10(12)7-8-11(13)9-17(14,15-2)16-3/h10,12H,4-9H2,1-3H3/t10-/m0/s1. The molecule has 0 bridgehead atoms. The van der Waals surface area contributed by atoms with Crippen LogP contribution in [0, 0.1) is 0 Å². The Morgan fingerprint density at radius 3 is 2.35 bits per heavy atom. The number of hydrogen-bond donors (Lipinski definition) is 1. The van der Waals surface area contributed by atoms with Crippen LogP contribution in [0.1, 0.15) is 39.0 Å². The normalized spacial score (nSPS) is 13.6. The van der Waals surface area contributed by atoms with Gasteiger partial charge in [-0.2, -0.15) is 0 Å². The number of carbonyl (C=O) groups excluding carboxylic acids is 1. The summed E-state index contributed by atoms with van der Waals surface area (Å²) in [6.07, 6.45) is 2.62. The van der Waals surface area contributed by atoms with Crippen LogP contribution in [-0.4, -0.2) is 37.4 Å². The summed E-state index contributed by atoms with van der Waals surface area (Å²) < 4.78 is 21.0. The van der Waals surface area contributed by atoms with Gasteiger partial charge in [-0.3, -0.25) is 9.36 Å². The molecule has 102 valence electrons.